The summed E-state index contributed by atoms with van der Waals surface area (Å²) in [6.45, 7) is 0. The normalized spacial score (nSPS) is 37.9. The maximum absolute atomic E-state index is 5.66. The molecule has 2 heteroatoms. The second-order valence-electron chi connectivity index (χ2n) is 3.03. The minimum absolute atomic E-state index is 0. The molecule has 2 aliphatic rings. The molecule has 2 saturated carbocycles. The van der Waals surface area contributed by atoms with Crippen LogP contribution < -0.4 is 5.73 Å². The van der Waals surface area contributed by atoms with Gasteiger partial charge in [0.15, 0.2) is 0 Å². The molecule has 0 bridgehead atoms. The zero-order valence-electron chi connectivity index (χ0n) is 4.89. The Morgan fingerprint density at radius 3 is 1.88 bits per heavy atom. The molecule has 0 heterocycles. The Morgan fingerprint density at radius 1 is 1.38 bits per heavy atom. The van der Waals surface area contributed by atoms with E-state index in [1.807, 2.05) is 0 Å². The van der Waals surface area contributed by atoms with Gasteiger partial charge in [-0.1, -0.05) is 6.42 Å². The molecule has 2 N–H and O–H groups in total. The van der Waals surface area contributed by atoms with Gasteiger partial charge in [0, 0.05) is 6.04 Å². The van der Waals surface area contributed by atoms with E-state index in [2.05, 4.69) is 0 Å². The summed E-state index contributed by atoms with van der Waals surface area (Å²) >= 11 is 0. The van der Waals surface area contributed by atoms with Gasteiger partial charge in [-0.3, -0.25) is 0 Å². The van der Waals surface area contributed by atoms with E-state index in [4.69, 9.17) is 5.73 Å². The van der Waals surface area contributed by atoms with Crippen LogP contribution in [0.1, 0.15) is 25.7 Å². The fourth-order valence-electron chi connectivity index (χ4n) is 1.58. The van der Waals surface area contributed by atoms with E-state index < -0.39 is 0 Å². The zero-order chi connectivity index (χ0) is 4.91. The Morgan fingerprint density at radius 2 is 1.88 bits per heavy atom. The van der Waals surface area contributed by atoms with Gasteiger partial charge >= 0.3 is 0 Å². The molecule has 2 rings (SSSR count). The minimum atomic E-state index is 0. The van der Waals surface area contributed by atoms with Gasteiger partial charge in [0.25, 0.3) is 0 Å². The molecule has 2 aliphatic carbocycles. The van der Waals surface area contributed by atoms with Crippen LogP contribution in [0.15, 0.2) is 0 Å². The first-order valence-electron chi connectivity index (χ1n) is 3.09. The SMILES string of the molecule is Cl.N[C@H]1CC12CCC2. The summed E-state index contributed by atoms with van der Waals surface area (Å²) < 4.78 is 0. The van der Waals surface area contributed by atoms with Crippen molar-refractivity contribution in [2.24, 2.45) is 11.1 Å². The number of halogens is 1. The van der Waals surface area contributed by atoms with Gasteiger partial charge in [0.05, 0.1) is 0 Å². The highest BCUT2D eigenvalue weighted by Crippen LogP contribution is 2.59. The monoisotopic (exact) mass is 133 g/mol. The Kier molecular flexibility index (Phi) is 1.28. The maximum atomic E-state index is 5.66. The van der Waals surface area contributed by atoms with Crippen molar-refractivity contribution in [3.8, 4) is 0 Å². The number of hydrogen-bond donors (Lipinski definition) is 1. The molecule has 0 unspecified atom stereocenters. The summed E-state index contributed by atoms with van der Waals surface area (Å²) in [6, 6.07) is 0.598. The van der Waals surface area contributed by atoms with Crippen LogP contribution in [0.25, 0.3) is 0 Å². The van der Waals surface area contributed by atoms with Crippen LogP contribution in [0, 0.1) is 5.41 Å². The van der Waals surface area contributed by atoms with Gasteiger partial charge in [0.2, 0.25) is 0 Å². The van der Waals surface area contributed by atoms with Crippen molar-refractivity contribution in [2.45, 2.75) is 31.7 Å². The summed E-state index contributed by atoms with van der Waals surface area (Å²) in [5, 5.41) is 0. The van der Waals surface area contributed by atoms with E-state index in [0.29, 0.717) is 11.5 Å². The summed E-state index contributed by atoms with van der Waals surface area (Å²) in [7, 11) is 0. The van der Waals surface area contributed by atoms with Gasteiger partial charge in [0.1, 0.15) is 0 Å². The summed E-state index contributed by atoms with van der Waals surface area (Å²) in [5.74, 6) is 0. The van der Waals surface area contributed by atoms with E-state index in [1.165, 1.54) is 25.7 Å². The lowest BCUT2D eigenvalue weighted by atomic mass is 9.81. The molecule has 0 aromatic rings. The summed E-state index contributed by atoms with van der Waals surface area (Å²) in [6.07, 6.45) is 5.61. The standard InChI is InChI=1S/C6H11N.ClH/c7-5-4-6(5)2-1-3-6;/h5H,1-4,7H2;1H/t5-;/m0./s1. The average Bonchev–Trinajstić information content (AvgIpc) is 2.10. The molecule has 0 aromatic heterocycles. The fourth-order valence-corrected chi connectivity index (χ4v) is 1.58. The van der Waals surface area contributed by atoms with E-state index >= 15 is 0 Å². The van der Waals surface area contributed by atoms with Gasteiger partial charge in [-0.15, -0.1) is 12.4 Å². The molecule has 1 atom stereocenters. The molecule has 0 radical (unpaired) electrons. The predicted octanol–water partition coefficient (Wildman–Crippen LogP) is 1.31. The third-order valence-electron chi connectivity index (χ3n) is 2.60. The summed E-state index contributed by atoms with van der Waals surface area (Å²) in [5.41, 5.74) is 6.37. The van der Waals surface area contributed by atoms with Crippen molar-refractivity contribution in [2.75, 3.05) is 0 Å². The second kappa shape index (κ2) is 1.61. The molecule has 1 spiro atoms. The average molecular weight is 134 g/mol. The highest BCUT2D eigenvalue weighted by molar-refractivity contribution is 5.85. The highest BCUT2D eigenvalue weighted by Gasteiger charge is 2.55. The molecule has 1 nitrogen and oxygen atoms in total. The lowest BCUT2D eigenvalue weighted by Gasteiger charge is -2.25. The van der Waals surface area contributed by atoms with Crippen LogP contribution in [0.5, 0.6) is 0 Å². The highest BCUT2D eigenvalue weighted by atomic mass is 35.5. The third-order valence-corrected chi connectivity index (χ3v) is 2.60. The zero-order valence-corrected chi connectivity index (χ0v) is 5.71. The topological polar surface area (TPSA) is 26.0 Å². The lowest BCUT2D eigenvalue weighted by Crippen LogP contribution is -2.21. The Balaban J connectivity index is 0.000000320. The van der Waals surface area contributed by atoms with Crippen LogP contribution in [-0.4, -0.2) is 6.04 Å². The van der Waals surface area contributed by atoms with Crippen molar-refractivity contribution in [3.05, 3.63) is 0 Å². The first-order valence-corrected chi connectivity index (χ1v) is 3.09. The molecule has 0 saturated heterocycles. The van der Waals surface area contributed by atoms with Crippen molar-refractivity contribution < 1.29 is 0 Å². The molecule has 48 valence electrons. The van der Waals surface area contributed by atoms with Crippen LogP contribution in [0.2, 0.25) is 0 Å². The van der Waals surface area contributed by atoms with E-state index in [1.54, 1.807) is 0 Å². The molecule has 0 amide bonds. The Labute approximate surface area is 56.0 Å². The fraction of sp³-hybridized carbons (Fsp3) is 1.00. The Hall–Kier alpha value is 0.250. The number of hydrogen-bond acceptors (Lipinski definition) is 1. The molecule has 8 heavy (non-hydrogen) atoms. The van der Waals surface area contributed by atoms with Gasteiger partial charge < -0.3 is 5.73 Å². The smallest absolute Gasteiger partial charge is 0.0102 e. The van der Waals surface area contributed by atoms with Gasteiger partial charge in [-0.25, -0.2) is 0 Å². The molecule has 2 fully saturated rings. The largest absolute Gasteiger partial charge is 0.327 e. The Bertz CT molecular complexity index is 93.2. The predicted molar refractivity (Wildman–Crippen MR) is 36.1 cm³/mol. The summed E-state index contributed by atoms with van der Waals surface area (Å²) in [4.78, 5) is 0. The van der Waals surface area contributed by atoms with Crippen LogP contribution in [0.3, 0.4) is 0 Å². The van der Waals surface area contributed by atoms with Crippen LogP contribution in [0.4, 0.5) is 0 Å². The van der Waals surface area contributed by atoms with Crippen molar-refractivity contribution in [1.82, 2.24) is 0 Å². The van der Waals surface area contributed by atoms with E-state index in [9.17, 15) is 0 Å². The van der Waals surface area contributed by atoms with E-state index in [-0.39, 0.29) is 12.4 Å². The number of nitrogens with two attached hydrogens (primary N) is 1. The molecule has 0 aliphatic heterocycles. The quantitative estimate of drug-likeness (QED) is 0.530. The van der Waals surface area contributed by atoms with Gasteiger partial charge in [-0.2, -0.15) is 0 Å². The second-order valence-corrected chi connectivity index (χ2v) is 3.03. The van der Waals surface area contributed by atoms with Gasteiger partial charge in [-0.05, 0) is 24.7 Å². The van der Waals surface area contributed by atoms with Crippen LogP contribution >= 0.6 is 12.4 Å². The first-order chi connectivity index (χ1) is 3.33. The van der Waals surface area contributed by atoms with Crippen molar-refractivity contribution >= 4 is 12.4 Å². The molecule has 0 aromatic carbocycles. The van der Waals surface area contributed by atoms with E-state index in [0.717, 1.165) is 0 Å². The third kappa shape index (κ3) is 0.579. The lowest BCUT2D eigenvalue weighted by molar-refractivity contribution is 0.278. The molecular formula is C6H12ClN. The van der Waals surface area contributed by atoms with Crippen molar-refractivity contribution in [3.63, 3.8) is 0 Å². The van der Waals surface area contributed by atoms with Crippen molar-refractivity contribution in [1.29, 1.82) is 0 Å². The van der Waals surface area contributed by atoms with Crippen LogP contribution in [-0.2, 0) is 0 Å². The minimum Gasteiger partial charge on any atom is -0.327 e. The molecular weight excluding hydrogens is 122 g/mol. The first kappa shape index (κ1) is 6.37. The number of rotatable bonds is 0. The maximum Gasteiger partial charge on any atom is 0.0102 e.